The van der Waals surface area contributed by atoms with E-state index in [0.29, 0.717) is 12.1 Å². The second-order valence-corrected chi connectivity index (χ2v) is 11.2. The number of fused-ring (bicyclic) bond motifs is 2. The van der Waals surface area contributed by atoms with Crippen molar-refractivity contribution in [1.82, 2.24) is 19.9 Å². The Morgan fingerprint density at radius 1 is 1.00 bits per heavy atom. The Morgan fingerprint density at radius 2 is 1.67 bits per heavy atom. The minimum absolute atomic E-state index is 0.0446. The third kappa shape index (κ3) is 9.67. The van der Waals surface area contributed by atoms with Gasteiger partial charge in [-0.3, -0.25) is 4.79 Å². The van der Waals surface area contributed by atoms with E-state index >= 15 is 0 Å². The summed E-state index contributed by atoms with van der Waals surface area (Å²) in [6.07, 6.45) is -0.429. The van der Waals surface area contributed by atoms with Crippen molar-refractivity contribution in [2.75, 3.05) is 17.2 Å². The van der Waals surface area contributed by atoms with Crippen molar-refractivity contribution >= 4 is 62.6 Å². The van der Waals surface area contributed by atoms with Gasteiger partial charge in [0, 0.05) is 47.1 Å². The summed E-state index contributed by atoms with van der Waals surface area (Å²) in [7, 11) is 0. The second-order valence-electron chi connectivity index (χ2n) is 10.1. The van der Waals surface area contributed by atoms with Crippen LogP contribution in [0, 0.1) is 0 Å². The van der Waals surface area contributed by atoms with Crippen LogP contribution in [0.3, 0.4) is 0 Å². The molecule has 19 heteroatoms. The zero-order valence-corrected chi connectivity index (χ0v) is 25.5. The Morgan fingerprint density at radius 3 is 2.31 bits per heavy atom. The van der Waals surface area contributed by atoms with E-state index in [9.17, 15) is 31.1 Å². The average molecular weight is 710 g/mol. The fourth-order valence-corrected chi connectivity index (χ4v) is 5.17. The number of hydrogen-bond acceptors (Lipinski definition) is 8. The topological polar surface area (TPSA) is 199 Å². The smallest absolute Gasteiger partial charge is 0.475 e. The summed E-state index contributed by atoms with van der Waals surface area (Å²) in [5.41, 5.74) is 12.8. The molecule has 0 fully saturated rings. The fraction of sp³-hybridized carbons (Fsp3) is 0.167. The number of H-pyrrole nitrogens is 2. The first kappa shape index (κ1) is 36.2. The molecule has 5 aromatic rings. The van der Waals surface area contributed by atoms with E-state index in [1.165, 1.54) is 10.9 Å². The largest absolute Gasteiger partial charge is 0.490 e. The number of aromatic amines is 2. The van der Waals surface area contributed by atoms with E-state index in [2.05, 4.69) is 42.7 Å². The number of carboxylic acids is 2. The molecule has 1 atom stereocenters. The zero-order valence-electron chi connectivity index (χ0n) is 24.7. The molecule has 2 aromatic carbocycles. The third-order valence-corrected chi connectivity index (χ3v) is 7.57. The molecular formula is C30H25F6N7O5S. The van der Waals surface area contributed by atoms with Gasteiger partial charge in [-0.1, -0.05) is 41.7 Å². The van der Waals surface area contributed by atoms with Crippen LogP contribution in [0.15, 0.2) is 67.4 Å². The SMILES string of the molecule is N[C@H](CNc1ncc(-c2ccc3c(c2)NC(=O)/C3=C/c2cnc[nH]2)s1)Cc1c[nH]c2ccccc12.O=C(O)C(F)(F)F.O=C(O)C(F)(F)F. The molecule has 12 nitrogen and oxygen atoms in total. The fourth-order valence-electron chi connectivity index (χ4n) is 4.35. The maximum absolute atomic E-state index is 12.5. The first-order valence-electron chi connectivity index (χ1n) is 13.8. The molecule has 3 aromatic heterocycles. The molecule has 1 aliphatic heterocycles. The standard InChI is InChI=1S/C26H23N7OS.2C2HF3O2/c27-17(7-16-10-29-22-4-2-1-3-19(16)22)11-30-26-31-13-24(35-26)15-5-6-20-21(9-18-12-28-14-32-18)25(34)33-23(20)8-15;2*3-2(4,5)1(6)7/h1-6,8-10,12-14,17,29H,7,11,27H2,(H,28,32)(H,30,31)(H,33,34);2*(H,6,7)/b21-9+;;/t17-;;/m0../s1. The highest BCUT2D eigenvalue weighted by Crippen LogP contribution is 2.38. The number of amides is 1. The minimum atomic E-state index is -5.08. The molecule has 8 N–H and O–H groups in total. The number of carboxylic acid groups (broad SMARTS) is 2. The lowest BCUT2D eigenvalue weighted by atomic mass is 10.0. The van der Waals surface area contributed by atoms with Crippen LogP contribution in [0.25, 0.3) is 33.0 Å². The maximum atomic E-state index is 12.5. The van der Waals surface area contributed by atoms with E-state index in [-0.39, 0.29) is 11.9 Å². The summed E-state index contributed by atoms with van der Waals surface area (Å²) in [5.74, 6) is -5.64. The Bertz CT molecular complexity index is 1950. The van der Waals surface area contributed by atoms with Crippen LogP contribution in [0.2, 0.25) is 0 Å². The molecule has 258 valence electrons. The summed E-state index contributed by atoms with van der Waals surface area (Å²) in [5, 5.41) is 22.6. The van der Waals surface area contributed by atoms with Crippen LogP contribution >= 0.6 is 11.3 Å². The first-order valence-corrected chi connectivity index (χ1v) is 14.6. The van der Waals surface area contributed by atoms with E-state index in [1.54, 1.807) is 23.9 Å². The number of hydrogen-bond donors (Lipinski definition) is 7. The lowest BCUT2D eigenvalue weighted by Crippen LogP contribution is -2.31. The average Bonchev–Trinajstić information content (AvgIpc) is 3.84. The molecule has 0 saturated heterocycles. The predicted octanol–water partition coefficient (Wildman–Crippen LogP) is 5.76. The number of rotatable bonds is 7. The highest BCUT2D eigenvalue weighted by molar-refractivity contribution is 7.18. The van der Waals surface area contributed by atoms with Gasteiger partial charge in [0.25, 0.3) is 5.91 Å². The third-order valence-electron chi connectivity index (χ3n) is 6.57. The molecule has 1 amide bonds. The molecule has 6 rings (SSSR count). The molecular weight excluding hydrogens is 684 g/mol. The Hall–Kier alpha value is -5.69. The summed E-state index contributed by atoms with van der Waals surface area (Å²) in [4.78, 5) is 46.1. The number of carbonyl (C=O) groups excluding carboxylic acids is 1. The van der Waals surface area contributed by atoms with Gasteiger partial charge in [0.15, 0.2) is 5.13 Å². The van der Waals surface area contributed by atoms with E-state index < -0.39 is 24.3 Å². The van der Waals surface area contributed by atoms with Crippen molar-refractivity contribution in [3.63, 3.8) is 0 Å². The number of halogens is 6. The van der Waals surface area contributed by atoms with Gasteiger partial charge in [0.2, 0.25) is 0 Å². The summed E-state index contributed by atoms with van der Waals surface area (Å²) in [6.45, 7) is 0.620. The van der Waals surface area contributed by atoms with Crippen LogP contribution in [-0.2, 0) is 20.8 Å². The number of benzene rings is 2. The number of nitrogens with one attached hydrogen (secondary N) is 4. The van der Waals surface area contributed by atoms with Gasteiger partial charge in [0.05, 0.1) is 28.7 Å². The normalized spacial score (nSPS) is 13.9. The van der Waals surface area contributed by atoms with E-state index in [4.69, 9.17) is 25.5 Å². The van der Waals surface area contributed by atoms with Gasteiger partial charge in [-0.25, -0.2) is 19.6 Å². The number of carbonyl (C=O) groups is 3. The van der Waals surface area contributed by atoms with Gasteiger partial charge >= 0.3 is 24.3 Å². The number of nitrogens with zero attached hydrogens (tertiary/aromatic N) is 2. The molecule has 49 heavy (non-hydrogen) atoms. The van der Waals surface area contributed by atoms with Gasteiger partial charge in [-0.2, -0.15) is 26.3 Å². The van der Waals surface area contributed by atoms with Crippen molar-refractivity contribution in [2.24, 2.45) is 5.73 Å². The van der Waals surface area contributed by atoms with Gasteiger partial charge in [-0.15, -0.1) is 0 Å². The molecule has 0 aliphatic carbocycles. The number of anilines is 2. The number of aromatic nitrogens is 4. The highest BCUT2D eigenvalue weighted by atomic mass is 32.1. The molecule has 0 spiro atoms. The van der Waals surface area contributed by atoms with E-state index in [1.807, 2.05) is 48.8 Å². The Labute approximate surface area is 275 Å². The molecule has 0 bridgehead atoms. The Kier molecular flexibility index (Phi) is 11.1. The van der Waals surface area contributed by atoms with Crippen LogP contribution in [0.1, 0.15) is 16.8 Å². The number of para-hydroxylation sites is 1. The second kappa shape index (κ2) is 15.0. The number of thiazole rings is 1. The quantitative estimate of drug-likeness (QED) is 0.0812. The van der Waals surface area contributed by atoms with Crippen molar-refractivity contribution in [1.29, 1.82) is 0 Å². The monoisotopic (exact) mass is 709 g/mol. The predicted molar refractivity (Wildman–Crippen MR) is 168 cm³/mol. The van der Waals surface area contributed by atoms with Crippen molar-refractivity contribution in [2.45, 2.75) is 24.8 Å². The molecule has 4 heterocycles. The minimum Gasteiger partial charge on any atom is -0.475 e. The lowest BCUT2D eigenvalue weighted by molar-refractivity contribution is -0.193. The summed E-state index contributed by atoms with van der Waals surface area (Å²) < 4.78 is 63.5. The van der Waals surface area contributed by atoms with Gasteiger partial charge in [0.1, 0.15) is 0 Å². The van der Waals surface area contributed by atoms with Crippen LogP contribution < -0.4 is 16.4 Å². The molecule has 1 aliphatic rings. The van der Waals surface area contributed by atoms with Crippen LogP contribution in [0.4, 0.5) is 37.2 Å². The number of nitrogens with two attached hydrogens (primary N) is 1. The molecule has 0 radical (unpaired) electrons. The van der Waals surface area contributed by atoms with Crippen LogP contribution in [-0.4, -0.2) is 72.9 Å². The number of imidazole rings is 1. The summed E-state index contributed by atoms with van der Waals surface area (Å²) in [6, 6.07) is 14.2. The zero-order chi connectivity index (χ0) is 35.9. The lowest BCUT2D eigenvalue weighted by Gasteiger charge is -2.11. The van der Waals surface area contributed by atoms with Gasteiger partial charge in [-0.05, 0) is 35.8 Å². The molecule has 0 unspecified atom stereocenters. The first-order chi connectivity index (χ1) is 23.0. The van der Waals surface area contributed by atoms with Crippen molar-refractivity contribution in [3.8, 4) is 10.4 Å². The van der Waals surface area contributed by atoms with Gasteiger partial charge < -0.3 is 36.5 Å². The highest BCUT2D eigenvalue weighted by Gasteiger charge is 2.39. The number of alkyl halides is 6. The Balaban J connectivity index is 0.000000327. The van der Waals surface area contributed by atoms with Crippen molar-refractivity contribution in [3.05, 3.63) is 84.2 Å². The maximum Gasteiger partial charge on any atom is 0.490 e. The summed E-state index contributed by atoms with van der Waals surface area (Å²) >= 11 is 1.56. The van der Waals surface area contributed by atoms with E-state index in [0.717, 1.165) is 44.5 Å². The van der Waals surface area contributed by atoms with Crippen LogP contribution in [0.5, 0.6) is 0 Å². The van der Waals surface area contributed by atoms with Crippen molar-refractivity contribution < 1.29 is 50.9 Å². The number of aliphatic carboxylic acids is 2. The molecule has 0 saturated carbocycles.